The zero-order valence-electron chi connectivity index (χ0n) is 21.8. The smallest absolute Gasteiger partial charge is 0.374 e. The summed E-state index contributed by atoms with van der Waals surface area (Å²) in [7, 11) is -2.71. The van der Waals surface area contributed by atoms with Crippen molar-refractivity contribution in [1.82, 2.24) is 0 Å². The largest absolute Gasteiger partial charge is 0.501 e. The highest BCUT2D eigenvalue weighted by molar-refractivity contribution is 8.13. The second-order valence-electron chi connectivity index (χ2n) is 8.08. The molecule has 0 radical (unpaired) electrons. The summed E-state index contributed by atoms with van der Waals surface area (Å²) in [6, 6.07) is 7.45. The number of carbonyl (C=O) groups excluding carboxylic acids is 2. The van der Waals surface area contributed by atoms with Crippen LogP contribution in [0.25, 0.3) is 0 Å². The Hall–Kier alpha value is -0.643. The summed E-state index contributed by atoms with van der Waals surface area (Å²) in [5.74, 6) is 1.59. The van der Waals surface area contributed by atoms with E-state index in [-0.39, 0.29) is 10.2 Å². The molecule has 0 heterocycles. The van der Waals surface area contributed by atoms with Crippen LogP contribution in [-0.4, -0.2) is 50.4 Å². The Morgan fingerprint density at radius 3 is 1.41 bits per heavy atom. The van der Waals surface area contributed by atoms with Crippen LogP contribution in [0.2, 0.25) is 6.04 Å². The predicted octanol–water partition coefficient (Wildman–Crippen LogP) is 6.48. The lowest BCUT2D eigenvalue weighted by molar-refractivity contribution is -0.111. The van der Waals surface area contributed by atoms with Crippen LogP contribution in [0.15, 0.2) is 18.2 Å². The number of thioether (sulfide) groups is 2. The van der Waals surface area contributed by atoms with Crippen LogP contribution in [-0.2, 0) is 42.1 Å². The molecule has 1 rings (SSSR count). The lowest BCUT2D eigenvalue weighted by Crippen LogP contribution is -2.46. The van der Waals surface area contributed by atoms with Gasteiger partial charge in [0.2, 0.25) is 0 Å². The minimum atomic E-state index is -2.71. The van der Waals surface area contributed by atoms with Gasteiger partial charge in [0, 0.05) is 50.2 Å². The third-order valence-electron chi connectivity index (χ3n) is 5.14. The van der Waals surface area contributed by atoms with Crippen LogP contribution in [0.3, 0.4) is 0 Å². The first kappa shape index (κ1) is 31.4. The fourth-order valence-electron chi connectivity index (χ4n) is 3.69. The minimum absolute atomic E-state index is 0.269. The molecule has 1 aromatic rings. The number of hydrogen-bond donors (Lipinski definition) is 0. The Labute approximate surface area is 216 Å². The second kappa shape index (κ2) is 18.6. The van der Waals surface area contributed by atoms with Gasteiger partial charge < -0.3 is 13.3 Å². The van der Waals surface area contributed by atoms with Crippen molar-refractivity contribution in [3.05, 3.63) is 34.9 Å². The molecule has 1 aromatic carbocycles. The molecule has 0 saturated heterocycles. The highest BCUT2D eigenvalue weighted by Gasteiger charge is 2.39. The van der Waals surface area contributed by atoms with Gasteiger partial charge >= 0.3 is 8.80 Å². The van der Waals surface area contributed by atoms with E-state index in [0.717, 1.165) is 49.7 Å². The Bertz CT molecular complexity index is 670. The first-order valence-electron chi connectivity index (χ1n) is 12.8. The first-order chi connectivity index (χ1) is 16.4. The summed E-state index contributed by atoms with van der Waals surface area (Å²) < 4.78 is 18.1. The van der Waals surface area contributed by atoms with Gasteiger partial charge in [-0.3, -0.25) is 9.59 Å². The van der Waals surface area contributed by atoms with E-state index in [9.17, 15) is 9.59 Å². The van der Waals surface area contributed by atoms with E-state index >= 15 is 0 Å². The molecule has 34 heavy (non-hydrogen) atoms. The molecule has 194 valence electrons. The van der Waals surface area contributed by atoms with Crippen LogP contribution in [0, 0.1) is 0 Å². The topological polar surface area (TPSA) is 61.8 Å². The maximum Gasteiger partial charge on any atom is 0.501 e. The molecule has 0 aliphatic heterocycles. The predicted molar refractivity (Wildman–Crippen MR) is 148 cm³/mol. The second-order valence-corrected chi connectivity index (χ2v) is 13.1. The van der Waals surface area contributed by atoms with Crippen molar-refractivity contribution >= 4 is 42.6 Å². The maximum atomic E-state index is 11.9. The molecule has 0 N–H and O–H groups in total. The van der Waals surface area contributed by atoms with Crippen molar-refractivity contribution in [2.75, 3.05) is 31.3 Å². The molecule has 0 atom stereocenters. The maximum absolute atomic E-state index is 11.9. The van der Waals surface area contributed by atoms with Crippen molar-refractivity contribution in [1.29, 1.82) is 0 Å². The van der Waals surface area contributed by atoms with E-state index in [1.807, 2.05) is 34.6 Å². The molecular weight excluding hydrogens is 485 g/mol. The molecule has 0 amide bonds. The molecule has 5 nitrogen and oxygen atoms in total. The van der Waals surface area contributed by atoms with E-state index in [0.29, 0.717) is 32.7 Å². The standard InChI is InChI=1S/C26H44O5S2Si/c1-6-11-25(27)32-16-13-22-19-23(14-17-33-26(28)12-7-2)21-24(20-22)15-18-34(29-8-3,30-9-4)31-10-5/h19-21H,6-18H2,1-5H3. The molecule has 0 spiro atoms. The number of hydrogen-bond acceptors (Lipinski definition) is 7. The molecule has 0 aliphatic rings. The van der Waals surface area contributed by atoms with Gasteiger partial charge in [0.1, 0.15) is 0 Å². The van der Waals surface area contributed by atoms with Crippen molar-refractivity contribution in [3.8, 4) is 0 Å². The van der Waals surface area contributed by atoms with Gasteiger partial charge in [-0.1, -0.05) is 55.6 Å². The Morgan fingerprint density at radius 1 is 0.676 bits per heavy atom. The molecule has 0 fully saturated rings. The summed E-state index contributed by atoms with van der Waals surface area (Å²) in [6.45, 7) is 11.7. The summed E-state index contributed by atoms with van der Waals surface area (Å²) in [6.07, 6.45) is 5.59. The number of rotatable bonds is 19. The lowest BCUT2D eigenvalue weighted by atomic mass is 10.0. The average molecular weight is 529 g/mol. The van der Waals surface area contributed by atoms with E-state index in [4.69, 9.17) is 13.3 Å². The third-order valence-corrected chi connectivity index (χ3v) is 10.1. The van der Waals surface area contributed by atoms with E-state index in [1.54, 1.807) is 0 Å². The Kier molecular flexibility index (Phi) is 17.2. The van der Waals surface area contributed by atoms with Crippen LogP contribution in [0.4, 0.5) is 0 Å². The number of benzene rings is 1. The van der Waals surface area contributed by atoms with E-state index < -0.39 is 8.80 Å². The van der Waals surface area contributed by atoms with Crippen LogP contribution in [0.5, 0.6) is 0 Å². The number of carbonyl (C=O) groups is 2. The van der Waals surface area contributed by atoms with Gasteiger partial charge in [0.15, 0.2) is 10.2 Å². The minimum Gasteiger partial charge on any atom is -0.374 e. The molecule has 0 unspecified atom stereocenters. The SMILES string of the molecule is CCCC(=O)SCCc1cc(CCSC(=O)CCC)cc(CC[Si](OCC)(OCC)OCC)c1. The quantitative estimate of drug-likeness (QED) is 0.190. The summed E-state index contributed by atoms with van der Waals surface area (Å²) in [5, 5.41) is 0.538. The zero-order chi connectivity index (χ0) is 25.2. The molecule has 0 saturated carbocycles. The zero-order valence-corrected chi connectivity index (χ0v) is 24.4. The average Bonchev–Trinajstić information content (AvgIpc) is 2.79. The van der Waals surface area contributed by atoms with Crippen molar-refractivity contribution in [3.63, 3.8) is 0 Å². The van der Waals surface area contributed by atoms with Crippen molar-refractivity contribution in [2.45, 2.75) is 85.6 Å². The van der Waals surface area contributed by atoms with Gasteiger partial charge in [-0.05, 0) is 69.6 Å². The van der Waals surface area contributed by atoms with Crippen molar-refractivity contribution in [2.24, 2.45) is 0 Å². The summed E-state index contributed by atoms with van der Waals surface area (Å²) in [4.78, 5) is 23.8. The summed E-state index contributed by atoms with van der Waals surface area (Å²) in [5.41, 5.74) is 3.72. The molecule has 0 aromatic heterocycles. The van der Waals surface area contributed by atoms with Gasteiger partial charge in [0.25, 0.3) is 0 Å². The Balaban J connectivity index is 2.95. The fourth-order valence-corrected chi connectivity index (χ4v) is 8.11. The first-order valence-corrected chi connectivity index (χ1v) is 16.7. The molecule has 0 bridgehead atoms. The van der Waals surface area contributed by atoms with Gasteiger partial charge in [-0.2, -0.15) is 0 Å². The lowest BCUT2D eigenvalue weighted by Gasteiger charge is -2.28. The van der Waals surface area contributed by atoms with Crippen molar-refractivity contribution < 1.29 is 22.9 Å². The number of aryl methyl sites for hydroxylation is 3. The fraction of sp³-hybridized carbons (Fsp3) is 0.692. The third kappa shape index (κ3) is 12.9. The van der Waals surface area contributed by atoms with Crippen LogP contribution in [0.1, 0.15) is 77.0 Å². The van der Waals surface area contributed by atoms with E-state index in [1.165, 1.54) is 40.2 Å². The van der Waals surface area contributed by atoms with E-state index in [2.05, 4.69) is 18.2 Å². The van der Waals surface area contributed by atoms with Gasteiger partial charge in [0.05, 0.1) is 0 Å². The van der Waals surface area contributed by atoms with Gasteiger partial charge in [-0.25, -0.2) is 0 Å². The molecular formula is C26H44O5S2Si. The Morgan fingerprint density at radius 2 is 1.06 bits per heavy atom. The monoisotopic (exact) mass is 528 g/mol. The van der Waals surface area contributed by atoms with Gasteiger partial charge in [-0.15, -0.1) is 0 Å². The molecule has 8 heteroatoms. The van der Waals surface area contributed by atoms with Crippen LogP contribution >= 0.6 is 23.5 Å². The normalized spacial score (nSPS) is 11.7. The highest BCUT2D eigenvalue weighted by atomic mass is 32.2. The molecule has 0 aliphatic carbocycles. The van der Waals surface area contributed by atoms with Crippen LogP contribution < -0.4 is 0 Å². The highest BCUT2D eigenvalue weighted by Crippen LogP contribution is 2.23. The summed E-state index contributed by atoms with van der Waals surface area (Å²) >= 11 is 2.86.